The van der Waals surface area contributed by atoms with E-state index in [1.807, 2.05) is 0 Å². The van der Waals surface area contributed by atoms with Crippen LogP contribution >= 0.6 is 0 Å². The van der Waals surface area contributed by atoms with Crippen LogP contribution in [0.15, 0.2) is 0 Å². The van der Waals surface area contributed by atoms with Crippen LogP contribution in [0.5, 0.6) is 0 Å². The van der Waals surface area contributed by atoms with Crippen LogP contribution in [0.25, 0.3) is 0 Å². The van der Waals surface area contributed by atoms with Crippen molar-refractivity contribution in [1.29, 1.82) is 0 Å². The van der Waals surface area contributed by atoms with E-state index in [2.05, 4.69) is 13.8 Å². The summed E-state index contributed by atoms with van der Waals surface area (Å²) in [7, 11) is 0. The predicted octanol–water partition coefficient (Wildman–Crippen LogP) is 2.10. The molecule has 80 valence electrons. The number of carbonyl (C=O) groups is 2. The molecule has 0 saturated heterocycles. The second kappa shape index (κ2) is 3.71. The van der Waals surface area contributed by atoms with Crippen molar-refractivity contribution >= 4 is 11.8 Å². The minimum atomic E-state index is -1.12. The zero-order chi connectivity index (χ0) is 10.9. The summed E-state index contributed by atoms with van der Waals surface area (Å²) in [6, 6.07) is 0. The van der Waals surface area contributed by atoms with Crippen LogP contribution < -0.4 is 0 Å². The van der Waals surface area contributed by atoms with Gasteiger partial charge in [0.25, 0.3) is 0 Å². The van der Waals surface area contributed by atoms with Crippen LogP contribution in [0.2, 0.25) is 0 Å². The van der Waals surface area contributed by atoms with Crippen LogP contribution in [-0.4, -0.2) is 16.9 Å². The lowest BCUT2D eigenvalue weighted by Crippen LogP contribution is -2.42. The molecule has 1 aliphatic rings. The Bertz CT molecular complexity index is 257. The zero-order valence-corrected chi connectivity index (χ0v) is 9.04. The van der Waals surface area contributed by atoms with Crippen molar-refractivity contribution in [3.63, 3.8) is 0 Å². The maximum absolute atomic E-state index is 11.7. The molecule has 1 saturated carbocycles. The number of carboxylic acid groups (broad SMARTS) is 1. The van der Waals surface area contributed by atoms with Gasteiger partial charge in [0.2, 0.25) is 0 Å². The monoisotopic (exact) mass is 198 g/mol. The van der Waals surface area contributed by atoms with Gasteiger partial charge in [-0.05, 0) is 31.6 Å². The van der Waals surface area contributed by atoms with E-state index in [0.717, 1.165) is 6.42 Å². The average molecular weight is 198 g/mol. The van der Waals surface area contributed by atoms with E-state index >= 15 is 0 Å². The van der Waals surface area contributed by atoms with Crippen molar-refractivity contribution < 1.29 is 14.7 Å². The number of hydrogen-bond acceptors (Lipinski definition) is 2. The molecule has 0 spiro atoms. The van der Waals surface area contributed by atoms with E-state index in [-0.39, 0.29) is 5.78 Å². The second-order valence-electron chi connectivity index (χ2n) is 4.81. The summed E-state index contributed by atoms with van der Waals surface area (Å²) in [6.07, 6.45) is 1.77. The molecule has 3 nitrogen and oxygen atoms in total. The Hall–Kier alpha value is -0.860. The van der Waals surface area contributed by atoms with Gasteiger partial charge in [0.1, 0.15) is 11.2 Å². The molecule has 1 N–H and O–H groups in total. The Kier molecular flexibility index (Phi) is 2.98. The Morgan fingerprint density at radius 1 is 1.57 bits per heavy atom. The third-order valence-electron chi connectivity index (χ3n) is 3.49. The molecule has 0 aromatic rings. The van der Waals surface area contributed by atoms with E-state index in [1.165, 1.54) is 0 Å². The molecule has 14 heavy (non-hydrogen) atoms. The van der Waals surface area contributed by atoms with E-state index < -0.39 is 11.4 Å². The molecule has 0 unspecified atom stereocenters. The van der Waals surface area contributed by atoms with Crippen molar-refractivity contribution in [2.24, 2.45) is 17.3 Å². The molecule has 0 aromatic carbocycles. The Morgan fingerprint density at radius 2 is 2.14 bits per heavy atom. The molecule has 0 aliphatic heterocycles. The van der Waals surface area contributed by atoms with Gasteiger partial charge >= 0.3 is 5.97 Å². The average Bonchev–Trinajstić information content (AvgIpc) is 2.09. The molecule has 0 radical (unpaired) electrons. The van der Waals surface area contributed by atoms with Gasteiger partial charge in [0.15, 0.2) is 0 Å². The van der Waals surface area contributed by atoms with E-state index in [4.69, 9.17) is 5.11 Å². The van der Waals surface area contributed by atoms with E-state index in [1.54, 1.807) is 6.92 Å². The molecule has 1 aliphatic carbocycles. The normalized spacial score (nSPS) is 33.4. The van der Waals surface area contributed by atoms with Crippen molar-refractivity contribution in [2.45, 2.75) is 40.0 Å². The van der Waals surface area contributed by atoms with Crippen LogP contribution in [0.3, 0.4) is 0 Å². The first-order chi connectivity index (χ1) is 6.38. The molecule has 1 rings (SSSR count). The minimum absolute atomic E-state index is 0.102. The van der Waals surface area contributed by atoms with Crippen LogP contribution in [0.4, 0.5) is 0 Å². The summed E-state index contributed by atoms with van der Waals surface area (Å²) >= 11 is 0. The molecule has 0 heterocycles. The number of aliphatic carboxylic acids is 1. The highest BCUT2D eigenvalue weighted by atomic mass is 16.4. The fraction of sp³-hybridized carbons (Fsp3) is 0.818. The lowest BCUT2D eigenvalue weighted by molar-refractivity contribution is -0.157. The number of carboxylic acids is 1. The lowest BCUT2D eigenvalue weighted by atomic mass is 9.68. The quantitative estimate of drug-likeness (QED) is 0.691. The van der Waals surface area contributed by atoms with Crippen LogP contribution in [-0.2, 0) is 9.59 Å². The Labute approximate surface area is 84.5 Å². The van der Waals surface area contributed by atoms with Gasteiger partial charge in [-0.25, -0.2) is 0 Å². The molecule has 1 fully saturated rings. The largest absolute Gasteiger partial charge is 0.481 e. The first kappa shape index (κ1) is 11.2. The molecular formula is C11H18O3. The number of carbonyl (C=O) groups excluding carboxylic acids is 1. The molecule has 0 aromatic heterocycles. The smallest absolute Gasteiger partial charge is 0.316 e. The SMILES string of the molecule is CC(C)[C@H]1CC[C@](C)(C(=O)O)C(=O)C1. The van der Waals surface area contributed by atoms with Crippen molar-refractivity contribution in [3.8, 4) is 0 Å². The molecular weight excluding hydrogens is 180 g/mol. The highest BCUT2D eigenvalue weighted by molar-refractivity contribution is 6.03. The fourth-order valence-corrected chi connectivity index (χ4v) is 1.97. The van der Waals surface area contributed by atoms with Crippen molar-refractivity contribution in [3.05, 3.63) is 0 Å². The standard InChI is InChI=1S/C11H18O3/c1-7(2)8-4-5-11(3,10(13)14)9(12)6-8/h7-8H,4-6H2,1-3H3,(H,13,14)/t8-,11-/m0/s1. The summed E-state index contributed by atoms with van der Waals surface area (Å²) < 4.78 is 0. The van der Waals surface area contributed by atoms with E-state index in [9.17, 15) is 9.59 Å². The van der Waals surface area contributed by atoms with Gasteiger partial charge in [0.05, 0.1) is 0 Å². The fourth-order valence-electron chi connectivity index (χ4n) is 1.97. The van der Waals surface area contributed by atoms with Gasteiger partial charge in [-0.15, -0.1) is 0 Å². The summed E-state index contributed by atoms with van der Waals surface area (Å²) in [5, 5.41) is 8.97. The van der Waals surface area contributed by atoms with Gasteiger partial charge < -0.3 is 5.11 Å². The minimum Gasteiger partial charge on any atom is -0.481 e. The predicted molar refractivity (Wildman–Crippen MR) is 52.9 cm³/mol. The van der Waals surface area contributed by atoms with E-state index in [0.29, 0.717) is 24.7 Å². The summed E-state index contributed by atoms with van der Waals surface area (Å²) in [6.45, 7) is 5.72. The zero-order valence-electron chi connectivity index (χ0n) is 9.04. The molecule has 0 amide bonds. The molecule has 3 heteroatoms. The third kappa shape index (κ3) is 1.81. The number of ketones is 1. The highest BCUT2D eigenvalue weighted by Gasteiger charge is 2.45. The summed E-state index contributed by atoms with van der Waals surface area (Å²) in [5.74, 6) is -0.230. The van der Waals surface area contributed by atoms with Crippen LogP contribution in [0, 0.1) is 17.3 Å². The Balaban J connectivity index is 2.74. The summed E-state index contributed by atoms with van der Waals surface area (Å²) in [5.41, 5.74) is -1.12. The maximum atomic E-state index is 11.7. The van der Waals surface area contributed by atoms with Crippen molar-refractivity contribution in [2.75, 3.05) is 0 Å². The maximum Gasteiger partial charge on any atom is 0.316 e. The molecule has 0 bridgehead atoms. The highest BCUT2D eigenvalue weighted by Crippen LogP contribution is 2.38. The number of rotatable bonds is 2. The van der Waals surface area contributed by atoms with Crippen molar-refractivity contribution in [1.82, 2.24) is 0 Å². The summed E-state index contributed by atoms with van der Waals surface area (Å²) in [4.78, 5) is 22.6. The Morgan fingerprint density at radius 3 is 2.50 bits per heavy atom. The van der Waals surface area contributed by atoms with Gasteiger partial charge in [-0.2, -0.15) is 0 Å². The topological polar surface area (TPSA) is 54.4 Å². The van der Waals surface area contributed by atoms with Gasteiger partial charge in [-0.3, -0.25) is 9.59 Å². The number of Topliss-reactive ketones (excluding diaryl/α,β-unsaturated/α-hetero) is 1. The third-order valence-corrected chi connectivity index (χ3v) is 3.49. The van der Waals surface area contributed by atoms with Crippen LogP contribution in [0.1, 0.15) is 40.0 Å². The first-order valence-corrected chi connectivity index (χ1v) is 5.14. The lowest BCUT2D eigenvalue weighted by Gasteiger charge is -2.34. The number of hydrogen-bond donors (Lipinski definition) is 1. The van der Waals surface area contributed by atoms with Gasteiger partial charge in [0, 0.05) is 6.42 Å². The second-order valence-corrected chi connectivity index (χ2v) is 4.81. The van der Waals surface area contributed by atoms with Gasteiger partial charge in [-0.1, -0.05) is 13.8 Å². The first-order valence-electron chi connectivity index (χ1n) is 5.14. The molecule has 2 atom stereocenters.